The predicted octanol–water partition coefficient (Wildman–Crippen LogP) is -2.04. The molecule has 9 heteroatoms. The molecule has 2 heterocycles. The number of nitrogens with zero attached hydrogens (tertiary/aromatic N) is 3. The Kier molecular flexibility index (Phi) is 4.24. The number of nitriles is 1. The van der Waals surface area contributed by atoms with Crippen LogP contribution in [0.1, 0.15) is 6.92 Å². The summed E-state index contributed by atoms with van der Waals surface area (Å²) in [7, 11) is 0. The van der Waals surface area contributed by atoms with Gasteiger partial charge >= 0.3 is 5.69 Å². The minimum absolute atomic E-state index is 0.318. The van der Waals surface area contributed by atoms with E-state index in [0.717, 1.165) is 4.57 Å². The van der Waals surface area contributed by atoms with Gasteiger partial charge in [-0.15, -0.1) is 0 Å². The van der Waals surface area contributed by atoms with Crippen molar-refractivity contribution in [3.8, 4) is 6.07 Å². The highest BCUT2D eigenvalue weighted by molar-refractivity contribution is 5.32. The molecule has 0 unspecified atom stereocenters. The Morgan fingerprint density at radius 1 is 1.62 bits per heavy atom. The zero-order valence-corrected chi connectivity index (χ0v) is 11.3. The molecule has 0 saturated carbocycles. The highest BCUT2D eigenvalue weighted by atomic mass is 16.6. The average molecular weight is 296 g/mol. The third kappa shape index (κ3) is 2.38. The van der Waals surface area contributed by atoms with E-state index >= 15 is 0 Å². The number of nitrogens with one attached hydrogen (secondary N) is 1. The van der Waals surface area contributed by atoms with Crippen molar-refractivity contribution < 1.29 is 20.1 Å². The maximum Gasteiger partial charge on any atom is 0.352 e. The fraction of sp³-hybridized carbons (Fsp3) is 0.583. The van der Waals surface area contributed by atoms with E-state index < -0.39 is 36.3 Å². The zero-order chi connectivity index (χ0) is 15.6. The third-order valence-electron chi connectivity index (χ3n) is 3.30. The van der Waals surface area contributed by atoms with Crippen LogP contribution in [0.3, 0.4) is 0 Å². The first-order valence-corrected chi connectivity index (χ1v) is 6.40. The van der Waals surface area contributed by atoms with Crippen LogP contribution < -0.4 is 11.0 Å². The van der Waals surface area contributed by atoms with Gasteiger partial charge in [-0.05, 0) is 13.0 Å². The number of hydrogen-bond acceptors (Lipinski definition) is 8. The summed E-state index contributed by atoms with van der Waals surface area (Å²) in [5.74, 6) is 0.318. The van der Waals surface area contributed by atoms with Crippen LogP contribution in [0.2, 0.25) is 0 Å². The molecular weight excluding hydrogens is 280 g/mol. The topological polar surface area (TPSA) is 141 Å². The Labute approximate surface area is 120 Å². The van der Waals surface area contributed by atoms with Crippen LogP contribution in [0.15, 0.2) is 17.1 Å². The number of hydrogen-bond donors (Lipinski definition) is 4. The van der Waals surface area contributed by atoms with Crippen LogP contribution in [0, 0.1) is 11.3 Å². The van der Waals surface area contributed by atoms with Crippen LogP contribution in [0.25, 0.3) is 0 Å². The predicted molar refractivity (Wildman–Crippen MR) is 70.2 cm³/mol. The highest BCUT2D eigenvalue weighted by Gasteiger charge is 2.56. The van der Waals surface area contributed by atoms with Crippen LogP contribution in [-0.2, 0) is 10.5 Å². The van der Waals surface area contributed by atoms with E-state index in [2.05, 4.69) is 10.3 Å². The molecule has 4 N–H and O–H groups in total. The van der Waals surface area contributed by atoms with Crippen molar-refractivity contribution >= 4 is 5.82 Å². The van der Waals surface area contributed by atoms with E-state index in [1.807, 2.05) is 6.92 Å². The number of aliphatic hydroxyl groups excluding tert-OH is 3. The lowest BCUT2D eigenvalue weighted by atomic mass is 10.0. The standard InChI is InChI=1S/C12H16N4O5/c1-2-14-8-3-4-16(11(20)15-8)12(6-13)10(19)9(18)7(5-17)21-12/h3-4,7,9-10,17-19H,2,5H2,1H3,(H,14,15,20)/t7-,9-,10-,12-/m1/s1. The quantitative estimate of drug-likeness (QED) is 0.498. The fourth-order valence-electron chi connectivity index (χ4n) is 2.23. The second kappa shape index (κ2) is 5.79. The fourth-order valence-corrected chi connectivity index (χ4v) is 2.23. The number of rotatable bonds is 4. The second-order valence-corrected chi connectivity index (χ2v) is 4.58. The van der Waals surface area contributed by atoms with Gasteiger partial charge in [0.05, 0.1) is 6.61 Å². The molecule has 9 nitrogen and oxygen atoms in total. The Hall–Kier alpha value is -1.99. The molecule has 114 valence electrons. The van der Waals surface area contributed by atoms with Crippen LogP contribution in [0.5, 0.6) is 0 Å². The molecule has 4 atom stereocenters. The van der Waals surface area contributed by atoms with E-state index in [-0.39, 0.29) is 0 Å². The van der Waals surface area contributed by atoms with Gasteiger partial charge in [-0.3, -0.25) is 4.57 Å². The Morgan fingerprint density at radius 3 is 2.81 bits per heavy atom. The van der Waals surface area contributed by atoms with Gasteiger partial charge in [0.2, 0.25) is 0 Å². The van der Waals surface area contributed by atoms with Gasteiger partial charge in [0, 0.05) is 12.7 Å². The SMILES string of the molecule is CCNc1ccn([C@]2(C#N)O[C@H](CO)[C@@H](O)[C@H]2O)c(=O)n1. The van der Waals surface area contributed by atoms with Crippen LogP contribution in [0.4, 0.5) is 5.82 Å². The molecule has 1 aliphatic heterocycles. The van der Waals surface area contributed by atoms with Gasteiger partial charge < -0.3 is 25.4 Å². The van der Waals surface area contributed by atoms with Gasteiger partial charge in [-0.25, -0.2) is 4.79 Å². The third-order valence-corrected chi connectivity index (χ3v) is 3.30. The summed E-state index contributed by atoms with van der Waals surface area (Å²) in [6.07, 6.45) is -3.11. The van der Waals surface area contributed by atoms with Crippen molar-refractivity contribution in [3.63, 3.8) is 0 Å². The first-order chi connectivity index (χ1) is 10.00. The normalized spacial score (nSPS) is 31.9. The van der Waals surface area contributed by atoms with E-state index in [1.165, 1.54) is 12.3 Å². The average Bonchev–Trinajstić information content (AvgIpc) is 2.73. The molecule has 2 rings (SSSR count). The van der Waals surface area contributed by atoms with Gasteiger partial charge in [0.25, 0.3) is 5.72 Å². The van der Waals surface area contributed by atoms with Gasteiger partial charge in [-0.1, -0.05) is 0 Å². The molecule has 0 aromatic carbocycles. The summed E-state index contributed by atoms with van der Waals surface area (Å²) < 4.78 is 6.03. The van der Waals surface area contributed by atoms with Gasteiger partial charge in [-0.2, -0.15) is 10.2 Å². The zero-order valence-electron chi connectivity index (χ0n) is 11.3. The van der Waals surface area contributed by atoms with Crippen molar-refractivity contribution in [1.29, 1.82) is 5.26 Å². The van der Waals surface area contributed by atoms with Crippen molar-refractivity contribution in [2.75, 3.05) is 18.5 Å². The molecule has 1 saturated heterocycles. The van der Waals surface area contributed by atoms with Crippen molar-refractivity contribution in [1.82, 2.24) is 9.55 Å². The van der Waals surface area contributed by atoms with Crippen molar-refractivity contribution in [2.24, 2.45) is 0 Å². The molecule has 1 fully saturated rings. The summed E-state index contributed by atoms with van der Waals surface area (Å²) in [6.45, 7) is 1.79. The van der Waals surface area contributed by atoms with E-state index in [9.17, 15) is 20.3 Å². The highest BCUT2D eigenvalue weighted by Crippen LogP contribution is 2.34. The molecule has 1 aliphatic rings. The molecule has 21 heavy (non-hydrogen) atoms. The largest absolute Gasteiger partial charge is 0.394 e. The molecule has 1 aromatic heterocycles. The summed E-state index contributed by atoms with van der Waals surface area (Å²) in [5, 5.41) is 41.1. The number of anilines is 1. The maximum absolute atomic E-state index is 12.0. The maximum atomic E-state index is 12.0. The van der Waals surface area contributed by atoms with Crippen molar-refractivity contribution in [2.45, 2.75) is 31.0 Å². The number of aliphatic hydroxyl groups is 3. The summed E-state index contributed by atoms with van der Waals surface area (Å²) in [6, 6.07) is 3.13. The number of ether oxygens (including phenoxy) is 1. The molecule has 0 amide bonds. The van der Waals surface area contributed by atoms with Crippen LogP contribution >= 0.6 is 0 Å². The molecular formula is C12H16N4O5. The molecule has 0 spiro atoms. The minimum Gasteiger partial charge on any atom is -0.394 e. The number of aromatic nitrogens is 2. The van der Waals surface area contributed by atoms with E-state index in [0.29, 0.717) is 12.4 Å². The lowest BCUT2D eigenvalue weighted by Crippen LogP contribution is -2.49. The van der Waals surface area contributed by atoms with E-state index in [4.69, 9.17) is 9.84 Å². The minimum atomic E-state index is -2.12. The smallest absolute Gasteiger partial charge is 0.352 e. The van der Waals surface area contributed by atoms with Crippen LogP contribution in [-0.4, -0.2) is 56.3 Å². The Balaban J connectivity index is 2.48. The molecule has 0 bridgehead atoms. The van der Waals surface area contributed by atoms with Crippen molar-refractivity contribution in [3.05, 3.63) is 22.7 Å². The Bertz CT molecular complexity index is 612. The molecule has 0 radical (unpaired) electrons. The van der Waals surface area contributed by atoms with Gasteiger partial charge in [0.1, 0.15) is 30.2 Å². The summed E-state index contributed by atoms with van der Waals surface area (Å²) in [4.78, 5) is 15.8. The second-order valence-electron chi connectivity index (χ2n) is 4.58. The lowest BCUT2D eigenvalue weighted by molar-refractivity contribution is -0.109. The van der Waals surface area contributed by atoms with Gasteiger partial charge in [0.15, 0.2) is 0 Å². The lowest BCUT2D eigenvalue weighted by Gasteiger charge is -2.26. The first-order valence-electron chi connectivity index (χ1n) is 6.40. The first kappa shape index (κ1) is 15.4. The van der Waals surface area contributed by atoms with E-state index in [1.54, 1.807) is 6.07 Å². The molecule has 1 aromatic rings. The summed E-state index contributed by atoms with van der Waals surface area (Å²) >= 11 is 0. The summed E-state index contributed by atoms with van der Waals surface area (Å²) in [5.41, 5.74) is -2.94. The monoisotopic (exact) mass is 296 g/mol. The molecule has 0 aliphatic carbocycles. The Morgan fingerprint density at radius 2 is 2.33 bits per heavy atom.